The number of rotatable bonds is 6. The van der Waals surface area contributed by atoms with E-state index in [2.05, 4.69) is 5.32 Å². The number of thiophene rings is 2. The molecule has 2 aromatic heterocycles. The average molecular weight is 403 g/mol. The Labute approximate surface area is 164 Å². The van der Waals surface area contributed by atoms with Crippen LogP contribution in [0.1, 0.15) is 20.0 Å². The van der Waals surface area contributed by atoms with Crippen molar-refractivity contribution >= 4 is 40.2 Å². The summed E-state index contributed by atoms with van der Waals surface area (Å²) in [5.74, 6) is 0.116. The molecule has 0 aliphatic carbocycles. The maximum Gasteiger partial charge on any atom is 0.350 e. The molecule has 0 saturated carbocycles. The predicted octanol–water partition coefficient (Wildman–Crippen LogP) is 4.53. The molecule has 0 aliphatic rings. The molecule has 0 radical (unpaired) electrons. The van der Waals surface area contributed by atoms with Gasteiger partial charge in [-0.25, -0.2) is 4.79 Å². The van der Waals surface area contributed by atoms with E-state index in [1.165, 1.54) is 32.7 Å². The molecular formula is C19H17NO5S2. The maximum absolute atomic E-state index is 12.7. The van der Waals surface area contributed by atoms with E-state index in [1.807, 2.05) is 17.5 Å². The monoisotopic (exact) mass is 403 g/mol. The summed E-state index contributed by atoms with van der Waals surface area (Å²) in [7, 11) is 4.34. The lowest BCUT2D eigenvalue weighted by Crippen LogP contribution is -2.14. The van der Waals surface area contributed by atoms with Crippen molar-refractivity contribution in [3.63, 3.8) is 0 Å². The number of esters is 1. The first-order chi connectivity index (χ1) is 13.1. The van der Waals surface area contributed by atoms with E-state index in [0.717, 1.165) is 9.75 Å². The smallest absolute Gasteiger partial charge is 0.350 e. The Morgan fingerprint density at radius 1 is 0.963 bits per heavy atom. The molecule has 1 N–H and O–H groups in total. The highest BCUT2D eigenvalue weighted by Gasteiger charge is 2.21. The second-order valence-corrected chi connectivity index (χ2v) is 7.35. The molecule has 3 aromatic rings. The van der Waals surface area contributed by atoms with Gasteiger partial charge >= 0.3 is 5.97 Å². The van der Waals surface area contributed by atoms with Crippen molar-refractivity contribution in [1.29, 1.82) is 0 Å². The zero-order valence-corrected chi connectivity index (χ0v) is 16.5. The lowest BCUT2D eigenvalue weighted by atomic mass is 10.2. The zero-order chi connectivity index (χ0) is 19.4. The van der Waals surface area contributed by atoms with E-state index >= 15 is 0 Å². The van der Waals surface area contributed by atoms with Gasteiger partial charge in [0.2, 0.25) is 0 Å². The second kappa shape index (κ2) is 8.24. The van der Waals surface area contributed by atoms with E-state index in [0.29, 0.717) is 27.6 Å². The van der Waals surface area contributed by atoms with Gasteiger partial charge in [0.1, 0.15) is 4.88 Å². The first-order valence-corrected chi connectivity index (χ1v) is 9.56. The molecule has 8 heteroatoms. The zero-order valence-electron chi connectivity index (χ0n) is 14.9. The van der Waals surface area contributed by atoms with Gasteiger partial charge in [-0.3, -0.25) is 4.79 Å². The van der Waals surface area contributed by atoms with Crippen LogP contribution in [0.4, 0.5) is 5.69 Å². The normalized spacial score (nSPS) is 10.3. The van der Waals surface area contributed by atoms with Crippen LogP contribution in [0.5, 0.6) is 11.5 Å². The van der Waals surface area contributed by atoms with Gasteiger partial charge in [0, 0.05) is 15.3 Å². The Kier molecular flexibility index (Phi) is 5.78. The van der Waals surface area contributed by atoms with Gasteiger partial charge in [0.25, 0.3) is 5.91 Å². The summed E-state index contributed by atoms with van der Waals surface area (Å²) in [5, 5.41) is 4.75. The Morgan fingerprint density at radius 2 is 1.74 bits per heavy atom. The van der Waals surface area contributed by atoms with Crippen LogP contribution in [-0.2, 0) is 4.74 Å². The van der Waals surface area contributed by atoms with Crippen molar-refractivity contribution in [2.75, 3.05) is 26.6 Å². The quantitative estimate of drug-likeness (QED) is 0.612. The molecule has 0 atom stereocenters. The minimum absolute atomic E-state index is 0.342. The molecule has 6 nitrogen and oxygen atoms in total. The predicted molar refractivity (Wildman–Crippen MR) is 106 cm³/mol. The van der Waals surface area contributed by atoms with E-state index in [1.54, 1.807) is 35.6 Å². The first-order valence-electron chi connectivity index (χ1n) is 7.86. The number of nitrogens with one attached hydrogen (secondary N) is 1. The van der Waals surface area contributed by atoms with Crippen LogP contribution in [0.25, 0.3) is 9.75 Å². The molecule has 0 fully saturated rings. The third kappa shape index (κ3) is 3.96. The van der Waals surface area contributed by atoms with Crippen LogP contribution < -0.4 is 14.8 Å². The van der Waals surface area contributed by atoms with Crippen LogP contribution in [-0.4, -0.2) is 33.2 Å². The topological polar surface area (TPSA) is 73.9 Å². The third-order valence-electron chi connectivity index (χ3n) is 3.76. The fraction of sp³-hybridized carbons (Fsp3) is 0.158. The number of hydrogen-bond acceptors (Lipinski definition) is 7. The summed E-state index contributed by atoms with van der Waals surface area (Å²) in [6.07, 6.45) is 0. The molecule has 27 heavy (non-hydrogen) atoms. The van der Waals surface area contributed by atoms with Crippen LogP contribution in [0, 0.1) is 0 Å². The summed E-state index contributed by atoms with van der Waals surface area (Å²) in [6.45, 7) is 0. The van der Waals surface area contributed by atoms with Crippen molar-refractivity contribution < 1.29 is 23.8 Å². The van der Waals surface area contributed by atoms with E-state index < -0.39 is 5.97 Å². The van der Waals surface area contributed by atoms with Crippen LogP contribution >= 0.6 is 22.7 Å². The Morgan fingerprint density at radius 3 is 2.37 bits per heavy atom. The van der Waals surface area contributed by atoms with Crippen LogP contribution in [0.2, 0.25) is 0 Å². The fourth-order valence-electron chi connectivity index (χ4n) is 2.44. The maximum atomic E-state index is 12.7. The number of benzene rings is 1. The highest BCUT2D eigenvalue weighted by atomic mass is 32.1. The van der Waals surface area contributed by atoms with Gasteiger partial charge in [0.15, 0.2) is 11.5 Å². The molecule has 3 rings (SSSR count). The molecule has 0 unspecified atom stereocenters. The standard InChI is InChI=1S/C19H17NO5S2/c1-23-13-7-6-11(9-14(13)24-2)18(21)20-12-10-16(15-5-4-8-26-15)27-17(12)19(22)25-3/h4-10H,1-3H3,(H,20,21). The van der Waals surface area contributed by atoms with Crippen molar-refractivity contribution in [3.05, 3.63) is 52.2 Å². The molecule has 140 valence electrons. The van der Waals surface area contributed by atoms with E-state index in [4.69, 9.17) is 14.2 Å². The lowest BCUT2D eigenvalue weighted by Gasteiger charge is -2.10. The van der Waals surface area contributed by atoms with Gasteiger partial charge in [-0.15, -0.1) is 22.7 Å². The minimum atomic E-state index is -0.495. The van der Waals surface area contributed by atoms with Gasteiger partial charge in [0.05, 0.1) is 27.0 Å². The summed E-state index contributed by atoms with van der Waals surface area (Å²) in [4.78, 5) is 27.0. The Hall–Kier alpha value is -2.84. The van der Waals surface area contributed by atoms with Gasteiger partial charge in [-0.2, -0.15) is 0 Å². The summed E-state index contributed by atoms with van der Waals surface area (Å²) < 4.78 is 15.3. The lowest BCUT2D eigenvalue weighted by molar-refractivity contribution is 0.0607. The number of hydrogen-bond donors (Lipinski definition) is 1. The summed E-state index contributed by atoms with van der Waals surface area (Å²) >= 11 is 2.83. The number of ether oxygens (including phenoxy) is 3. The van der Waals surface area contributed by atoms with E-state index in [-0.39, 0.29) is 5.91 Å². The Bertz CT molecular complexity index is 963. The van der Waals surface area contributed by atoms with Gasteiger partial charge in [-0.05, 0) is 35.7 Å². The van der Waals surface area contributed by atoms with Gasteiger partial charge < -0.3 is 19.5 Å². The number of methoxy groups -OCH3 is 3. The second-order valence-electron chi connectivity index (χ2n) is 5.35. The number of carbonyl (C=O) groups is 2. The molecule has 0 aliphatic heterocycles. The largest absolute Gasteiger partial charge is 0.493 e. The molecule has 0 spiro atoms. The first kappa shape index (κ1) is 18.9. The average Bonchev–Trinajstić information content (AvgIpc) is 3.36. The fourth-order valence-corrected chi connectivity index (χ4v) is 4.30. The summed E-state index contributed by atoms with van der Waals surface area (Å²) in [5.41, 5.74) is 0.794. The number of amides is 1. The highest BCUT2D eigenvalue weighted by molar-refractivity contribution is 7.22. The van der Waals surface area contributed by atoms with Crippen LogP contribution in [0.3, 0.4) is 0 Å². The van der Waals surface area contributed by atoms with Crippen molar-refractivity contribution in [1.82, 2.24) is 0 Å². The molecule has 0 saturated heterocycles. The van der Waals surface area contributed by atoms with Crippen molar-refractivity contribution in [2.24, 2.45) is 0 Å². The number of carbonyl (C=O) groups excluding carboxylic acids is 2. The third-order valence-corrected chi connectivity index (χ3v) is 5.94. The minimum Gasteiger partial charge on any atom is -0.493 e. The van der Waals surface area contributed by atoms with Gasteiger partial charge in [-0.1, -0.05) is 6.07 Å². The molecule has 0 bridgehead atoms. The highest BCUT2D eigenvalue weighted by Crippen LogP contribution is 2.38. The van der Waals surface area contributed by atoms with Crippen molar-refractivity contribution in [3.8, 4) is 21.3 Å². The Balaban J connectivity index is 1.92. The molecular weight excluding hydrogens is 386 g/mol. The summed E-state index contributed by atoms with van der Waals surface area (Å²) in [6, 6.07) is 10.5. The molecule has 1 amide bonds. The van der Waals surface area contributed by atoms with Crippen LogP contribution in [0.15, 0.2) is 41.8 Å². The number of anilines is 1. The van der Waals surface area contributed by atoms with Crippen molar-refractivity contribution in [2.45, 2.75) is 0 Å². The SMILES string of the molecule is COC(=O)c1sc(-c2cccs2)cc1NC(=O)c1ccc(OC)c(OC)c1. The molecule has 2 heterocycles. The molecule has 1 aromatic carbocycles. The van der Waals surface area contributed by atoms with E-state index in [9.17, 15) is 9.59 Å².